The summed E-state index contributed by atoms with van der Waals surface area (Å²) in [5, 5.41) is 8.57. The van der Waals surface area contributed by atoms with Crippen LogP contribution in [0.2, 0.25) is 0 Å². The predicted octanol–water partition coefficient (Wildman–Crippen LogP) is 3.84. The number of rotatable bonds is 8. The lowest BCUT2D eigenvalue weighted by Crippen LogP contribution is -2.10. The highest BCUT2D eigenvalue weighted by molar-refractivity contribution is 5.66. The van der Waals surface area contributed by atoms with Gasteiger partial charge in [-0.1, -0.05) is 44.5 Å². The van der Waals surface area contributed by atoms with E-state index in [-0.39, 0.29) is 12.5 Å². The fourth-order valence-corrected chi connectivity index (χ4v) is 2.11. The monoisotopic (exact) mass is 263 g/mol. The highest BCUT2D eigenvalue weighted by Crippen LogP contribution is 2.22. The summed E-state index contributed by atoms with van der Waals surface area (Å²) in [6.45, 7) is 4.41. The lowest BCUT2D eigenvalue weighted by atomic mass is 9.95. The minimum Gasteiger partial charge on any atom is -0.481 e. The first-order valence-electron chi connectivity index (χ1n) is 7.11. The Balaban J connectivity index is 2.44. The van der Waals surface area contributed by atoms with Gasteiger partial charge >= 0.3 is 5.97 Å². The molecule has 3 nitrogen and oxygen atoms in total. The van der Waals surface area contributed by atoms with Gasteiger partial charge in [-0.2, -0.15) is 0 Å². The number of benzene rings is 1. The van der Waals surface area contributed by atoms with Crippen LogP contribution in [0.3, 0.4) is 0 Å². The number of nitrogens with two attached hydrogens (primary N) is 1. The maximum atomic E-state index is 10.4. The molecule has 0 bridgehead atoms. The Hall–Kier alpha value is -1.35. The normalized spacial score (nSPS) is 14.1. The molecule has 1 aromatic carbocycles. The third-order valence-electron chi connectivity index (χ3n) is 3.70. The summed E-state index contributed by atoms with van der Waals surface area (Å²) < 4.78 is 0. The molecule has 1 aromatic rings. The van der Waals surface area contributed by atoms with E-state index in [1.54, 1.807) is 0 Å². The Morgan fingerprint density at radius 3 is 2.32 bits per heavy atom. The van der Waals surface area contributed by atoms with Crippen molar-refractivity contribution in [2.24, 2.45) is 5.73 Å². The summed E-state index contributed by atoms with van der Waals surface area (Å²) >= 11 is 0. The number of aliphatic carboxylic acids is 1. The first kappa shape index (κ1) is 15.7. The second kappa shape index (κ2) is 7.95. The van der Waals surface area contributed by atoms with E-state index in [0.29, 0.717) is 12.3 Å². The van der Waals surface area contributed by atoms with Crippen LogP contribution in [0.1, 0.15) is 69.0 Å². The lowest BCUT2D eigenvalue weighted by molar-refractivity contribution is -0.137. The van der Waals surface area contributed by atoms with E-state index in [4.69, 9.17) is 10.8 Å². The molecule has 3 heteroatoms. The number of carboxylic acids is 1. The number of hydrogen-bond donors (Lipinski definition) is 2. The topological polar surface area (TPSA) is 63.3 Å². The van der Waals surface area contributed by atoms with Crippen LogP contribution < -0.4 is 5.73 Å². The number of carbonyl (C=O) groups is 1. The third kappa shape index (κ3) is 5.43. The van der Waals surface area contributed by atoms with Crippen LogP contribution >= 0.6 is 0 Å². The Morgan fingerprint density at radius 2 is 1.79 bits per heavy atom. The highest BCUT2D eigenvalue weighted by atomic mass is 16.4. The minimum atomic E-state index is -0.730. The molecule has 0 radical (unpaired) electrons. The van der Waals surface area contributed by atoms with Crippen molar-refractivity contribution in [3.05, 3.63) is 35.4 Å². The molecule has 0 aliphatic carbocycles. The Bertz CT molecular complexity index is 386. The second-order valence-electron chi connectivity index (χ2n) is 5.22. The van der Waals surface area contributed by atoms with Gasteiger partial charge in [0.25, 0.3) is 0 Å². The van der Waals surface area contributed by atoms with E-state index >= 15 is 0 Å². The second-order valence-corrected chi connectivity index (χ2v) is 5.22. The molecular weight excluding hydrogens is 238 g/mol. The Morgan fingerprint density at radius 1 is 1.21 bits per heavy atom. The van der Waals surface area contributed by atoms with E-state index in [1.165, 1.54) is 5.56 Å². The van der Waals surface area contributed by atoms with Gasteiger partial charge in [-0.05, 0) is 36.3 Å². The highest BCUT2D eigenvalue weighted by Gasteiger charge is 2.08. The van der Waals surface area contributed by atoms with E-state index in [2.05, 4.69) is 38.1 Å². The van der Waals surface area contributed by atoms with Gasteiger partial charge in [0.05, 0.1) is 0 Å². The van der Waals surface area contributed by atoms with E-state index < -0.39 is 5.97 Å². The lowest BCUT2D eigenvalue weighted by Gasteiger charge is -2.14. The van der Waals surface area contributed by atoms with Gasteiger partial charge in [0.1, 0.15) is 0 Å². The first-order chi connectivity index (χ1) is 9.04. The molecule has 106 valence electrons. The zero-order valence-corrected chi connectivity index (χ0v) is 11.9. The van der Waals surface area contributed by atoms with Gasteiger partial charge in [-0.15, -0.1) is 0 Å². The molecule has 3 N–H and O–H groups in total. The summed E-state index contributed by atoms with van der Waals surface area (Å²) in [5.74, 6) is -0.146. The van der Waals surface area contributed by atoms with Crippen LogP contribution in [0.4, 0.5) is 0 Å². The maximum Gasteiger partial charge on any atom is 0.303 e. The molecule has 0 spiro atoms. The summed E-state index contributed by atoms with van der Waals surface area (Å²) in [6, 6.07) is 8.52. The SMILES string of the molecule is CCC(C)c1ccc(C(N)CCCCC(=O)O)cc1. The van der Waals surface area contributed by atoms with Crippen molar-refractivity contribution in [2.75, 3.05) is 0 Å². The molecule has 0 saturated carbocycles. The molecule has 0 fully saturated rings. The van der Waals surface area contributed by atoms with Crippen molar-refractivity contribution < 1.29 is 9.90 Å². The standard InChI is InChI=1S/C16H25NO2/c1-3-12(2)13-8-10-14(11-9-13)15(17)6-4-5-7-16(18)19/h8-12,15H,3-7,17H2,1-2H3,(H,18,19). The van der Waals surface area contributed by atoms with Crippen molar-refractivity contribution in [3.63, 3.8) is 0 Å². The van der Waals surface area contributed by atoms with Crippen LogP contribution in [-0.4, -0.2) is 11.1 Å². The summed E-state index contributed by atoms with van der Waals surface area (Å²) in [7, 11) is 0. The van der Waals surface area contributed by atoms with Crippen molar-refractivity contribution in [1.29, 1.82) is 0 Å². The van der Waals surface area contributed by atoms with Crippen molar-refractivity contribution in [3.8, 4) is 0 Å². The van der Waals surface area contributed by atoms with Crippen LogP contribution in [0.5, 0.6) is 0 Å². The summed E-state index contributed by atoms with van der Waals surface area (Å²) in [4.78, 5) is 10.4. The van der Waals surface area contributed by atoms with E-state index in [9.17, 15) is 4.79 Å². The molecule has 19 heavy (non-hydrogen) atoms. The van der Waals surface area contributed by atoms with Crippen LogP contribution in [0.25, 0.3) is 0 Å². The molecule has 0 aromatic heterocycles. The Kier molecular flexibility index (Phi) is 6.57. The quantitative estimate of drug-likeness (QED) is 0.700. The maximum absolute atomic E-state index is 10.4. The summed E-state index contributed by atoms with van der Waals surface area (Å²) in [5.41, 5.74) is 8.62. The third-order valence-corrected chi connectivity index (χ3v) is 3.70. The van der Waals surface area contributed by atoms with Crippen molar-refractivity contribution in [2.45, 2.75) is 57.9 Å². The number of carboxylic acid groups (broad SMARTS) is 1. The van der Waals surface area contributed by atoms with Crippen molar-refractivity contribution in [1.82, 2.24) is 0 Å². The summed E-state index contributed by atoms with van der Waals surface area (Å²) in [6.07, 6.45) is 3.78. The number of hydrogen-bond acceptors (Lipinski definition) is 2. The van der Waals surface area contributed by atoms with Crippen LogP contribution in [0.15, 0.2) is 24.3 Å². The smallest absolute Gasteiger partial charge is 0.303 e. The molecule has 2 atom stereocenters. The number of unbranched alkanes of at least 4 members (excludes halogenated alkanes) is 1. The molecular formula is C16H25NO2. The van der Waals surface area contributed by atoms with E-state index in [0.717, 1.165) is 24.8 Å². The van der Waals surface area contributed by atoms with Crippen molar-refractivity contribution >= 4 is 5.97 Å². The Labute approximate surface area is 115 Å². The zero-order valence-electron chi connectivity index (χ0n) is 11.9. The molecule has 1 rings (SSSR count). The van der Waals surface area contributed by atoms with Crippen LogP contribution in [0, 0.1) is 0 Å². The van der Waals surface area contributed by atoms with Gasteiger partial charge in [0, 0.05) is 12.5 Å². The minimum absolute atomic E-state index is 0.0137. The van der Waals surface area contributed by atoms with Gasteiger partial charge < -0.3 is 10.8 Å². The van der Waals surface area contributed by atoms with Gasteiger partial charge in [0.2, 0.25) is 0 Å². The molecule has 0 aliphatic rings. The molecule has 0 saturated heterocycles. The fourth-order valence-electron chi connectivity index (χ4n) is 2.11. The molecule has 0 aliphatic heterocycles. The molecule has 0 amide bonds. The average molecular weight is 263 g/mol. The van der Waals surface area contributed by atoms with Crippen LogP contribution in [-0.2, 0) is 4.79 Å². The molecule has 2 unspecified atom stereocenters. The average Bonchev–Trinajstić information content (AvgIpc) is 2.42. The first-order valence-corrected chi connectivity index (χ1v) is 7.11. The van der Waals surface area contributed by atoms with Gasteiger partial charge in [-0.25, -0.2) is 0 Å². The largest absolute Gasteiger partial charge is 0.481 e. The predicted molar refractivity (Wildman–Crippen MR) is 78.2 cm³/mol. The van der Waals surface area contributed by atoms with E-state index in [1.807, 2.05) is 0 Å². The fraction of sp³-hybridized carbons (Fsp3) is 0.562. The van der Waals surface area contributed by atoms with Gasteiger partial charge in [0.15, 0.2) is 0 Å². The zero-order chi connectivity index (χ0) is 14.3. The van der Waals surface area contributed by atoms with Gasteiger partial charge in [-0.3, -0.25) is 4.79 Å². The molecule has 0 heterocycles.